The van der Waals surface area contributed by atoms with Crippen LogP contribution in [0.15, 0.2) is 35.3 Å². The molecule has 1 amide bonds. The standard InChI is InChI=1S/C16H15Cl2N3O2/c17-12-8-19-21(16(23)15(12)18)9-14(22)20-13-7-3-5-10-4-1-2-6-11(10)13/h1-2,4,6,8,13H,3,5,7,9H2,(H,20,22). The molecule has 1 aliphatic carbocycles. The number of aryl methyl sites for hydroxylation is 1. The van der Waals surface area contributed by atoms with Crippen LogP contribution in [0.3, 0.4) is 0 Å². The van der Waals surface area contributed by atoms with Crippen molar-refractivity contribution >= 4 is 29.1 Å². The third kappa shape index (κ3) is 3.41. The van der Waals surface area contributed by atoms with E-state index < -0.39 is 5.56 Å². The topological polar surface area (TPSA) is 64.0 Å². The monoisotopic (exact) mass is 351 g/mol. The van der Waals surface area contributed by atoms with Crippen LogP contribution in [0.25, 0.3) is 0 Å². The van der Waals surface area contributed by atoms with E-state index in [2.05, 4.69) is 16.5 Å². The Morgan fingerprint density at radius 2 is 2.13 bits per heavy atom. The zero-order chi connectivity index (χ0) is 16.4. The number of hydrogen-bond acceptors (Lipinski definition) is 3. The van der Waals surface area contributed by atoms with E-state index in [1.807, 2.05) is 18.2 Å². The number of benzene rings is 1. The summed E-state index contributed by atoms with van der Waals surface area (Å²) in [7, 11) is 0. The van der Waals surface area contributed by atoms with E-state index in [9.17, 15) is 9.59 Å². The zero-order valence-corrected chi connectivity index (χ0v) is 13.8. The second-order valence-corrected chi connectivity index (χ2v) is 6.27. The molecule has 0 saturated carbocycles. The van der Waals surface area contributed by atoms with E-state index in [4.69, 9.17) is 23.2 Å². The van der Waals surface area contributed by atoms with Gasteiger partial charge in [-0.2, -0.15) is 5.10 Å². The second-order valence-electron chi connectivity index (χ2n) is 5.48. The molecule has 1 unspecified atom stereocenters. The van der Waals surface area contributed by atoms with E-state index in [-0.39, 0.29) is 28.5 Å². The maximum absolute atomic E-state index is 12.3. The van der Waals surface area contributed by atoms with Crippen molar-refractivity contribution < 1.29 is 4.79 Å². The van der Waals surface area contributed by atoms with Crippen LogP contribution in [0.4, 0.5) is 0 Å². The average molecular weight is 352 g/mol. The molecule has 5 nitrogen and oxygen atoms in total. The first-order valence-corrected chi connectivity index (χ1v) is 8.10. The van der Waals surface area contributed by atoms with Crippen LogP contribution in [0.1, 0.15) is 30.0 Å². The van der Waals surface area contributed by atoms with Crippen molar-refractivity contribution in [3.8, 4) is 0 Å². The van der Waals surface area contributed by atoms with Gasteiger partial charge in [0.05, 0.1) is 17.3 Å². The molecule has 1 aliphatic rings. The molecule has 3 rings (SSSR count). The number of rotatable bonds is 3. The third-order valence-electron chi connectivity index (χ3n) is 3.94. The lowest BCUT2D eigenvalue weighted by molar-refractivity contribution is -0.122. The summed E-state index contributed by atoms with van der Waals surface area (Å²) in [5.41, 5.74) is 1.83. The highest BCUT2D eigenvalue weighted by Gasteiger charge is 2.21. The van der Waals surface area contributed by atoms with Crippen LogP contribution < -0.4 is 10.9 Å². The smallest absolute Gasteiger partial charge is 0.287 e. The fourth-order valence-electron chi connectivity index (χ4n) is 2.84. The van der Waals surface area contributed by atoms with Crippen LogP contribution in [-0.4, -0.2) is 15.7 Å². The number of aromatic nitrogens is 2. The summed E-state index contributed by atoms with van der Waals surface area (Å²) < 4.78 is 1.01. The quantitative estimate of drug-likeness (QED) is 0.924. The molecule has 1 heterocycles. The lowest BCUT2D eigenvalue weighted by atomic mass is 9.88. The first-order chi connectivity index (χ1) is 11.1. The summed E-state index contributed by atoms with van der Waals surface area (Å²) in [5, 5.41) is 6.76. The van der Waals surface area contributed by atoms with E-state index in [0.29, 0.717) is 0 Å². The number of nitrogens with one attached hydrogen (secondary N) is 1. The van der Waals surface area contributed by atoms with Gasteiger partial charge in [-0.1, -0.05) is 47.5 Å². The molecule has 0 saturated heterocycles. The van der Waals surface area contributed by atoms with Crippen molar-refractivity contribution in [3.63, 3.8) is 0 Å². The predicted molar refractivity (Wildman–Crippen MR) is 88.8 cm³/mol. The van der Waals surface area contributed by atoms with E-state index in [0.717, 1.165) is 29.5 Å². The van der Waals surface area contributed by atoms with Crippen LogP contribution in [0.5, 0.6) is 0 Å². The highest BCUT2D eigenvalue weighted by molar-refractivity contribution is 6.41. The summed E-state index contributed by atoms with van der Waals surface area (Å²) in [6, 6.07) is 8.05. The molecule has 0 bridgehead atoms. The number of fused-ring (bicyclic) bond motifs is 1. The van der Waals surface area contributed by atoms with Gasteiger partial charge in [0.2, 0.25) is 5.91 Å². The van der Waals surface area contributed by atoms with Gasteiger partial charge >= 0.3 is 0 Å². The molecule has 0 radical (unpaired) electrons. The molecule has 1 atom stereocenters. The van der Waals surface area contributed by atoms with Crippen LogP contribution in [0.2, 0.25) is 10.0 Å². The fraction of sp³-hybridized carbons (Fsp3) is 0.312. The summed E-state index contributed by atoms with van der Waals surface area (Å²) >= 11 is 11.5. The Bertz CT molecular complexity index is 804. The zero-order valence-electron chi connectivity index (χ0n) is 12.3. The number of hydrogen-bond donors (Lipinski definition) is 1. The number of carbonyl (C=O) groups is 1. The second kappa shape index (κ2) is 6.72. The number of amides is 1. The maximum atomic E-state index is 12.3. The summed E-state index contributed by atoms with van der Waals surface area (Å²) in [6.07, 6.45) is 4.18. The molecule has 120 valence electrons. The Balaban J connectivity index is 1.74. The fourth-order valence-corrected chi connectivity index (χ4v) is 3.11. The van der Waals surface area contributed by atoms with Gasteiger partial charge in [-0.05, 0) is 30.4 Å². The molecule has 23 heavy (non-hydrogen) atoms. The van der Waals surface area contributed by atoms with Crippen molar-refractivity contribution in [3.05, 3.63) is 62.0 Å². The minimum atomic E-state index is -0.571. The number of halogens is 2. The lowest BCUT2D eigenvalue weighted by Gasteiger charge is -2.26. The lowest BCUT2D eigenvalue weighted by Crippen LogP contribution is -2.37. The first kappa shape index (κ1) is 16.0. The summed E-state index contributed by atoms with van der Waals surface area (Å²) in [6.45, 7) is -0.186. The highest BCUT2D eigenvalue weighted by Crippen LogP contribution is 2.29. The van der Waals surface area contributed by atoms with E-state index >= 15 is 0 Å². The maximum Gasteiger partial charge on any atom is 0.287 e. The SMILES string of the molecule is O=C(Cn1ncc(Cl)c(Cl)c1=O)NC1CCCc2ccccc21. The molecule has 7 heteroatoms. The molecule has 2 aromatic rings. The largest absolute Gasteiger partial charge is 0.348 e. The van der Waals surface area contributed by atoms with Gasteiger partial charge in [0, 0.05) is 0 Å². The first-order valence-electron chi connectivity index (χ1n) is 7.34. The van der Waals surface area contributed by atoms with Crippen LogP contribution in [0, 0.1) is 0 Å². The van der Waals surface area contributed by atoms with Crippen molar-refractivity contribution in [2.24, 2.45) is 0 Å². The van der Waals surface area contributed by atoms with Gasteiger partial charge in [0.1, 0.15) is 11.6 Å². The Morgan fingerprint density at radius 3 is 2.96 bits per heavy atom. The number of carbonyl (C=O) groups excluding carboxylic acids is 1. The van der Waals surface area contributed by atoms with Crippen molar-refractivity contribution in [2.75, 3.05) is 0 Å². The van der Waals surface area contributed by atoms with Crippen molar-refractivity contribution in [1.29, 1.82) is 0 Å². The van der Waals surface area contributed by atoms with Gasteiger partial charge in [0.15, 0.2) is 0 Å². The van der Waals surface area contributed by atoms with Crippen LogP contribution >= 0.6 is 23.2 Å². The molecule has 0 spiro atoms. The molecule has 0 fully saturated rings. The predicted octanol–water partition coefficient (Wildman–Crippen LogP) is 2.74. The third-order valence-corrected chi connectivity index (χ3v) is 4.69. The van der Waals surface area contributed by atoms with Gasteiger partial charge in [-0.15, -0.1) is 0 Å². The molecule has 1 aromatic carbocycles. The summed E-state index contributed by atoms with van der Waals surface area (Å²) in [4.78, 5) is 24.2. The highest BCUT2D eigenvalue weighted by atomic mass is 35.5. The Hall–Kier alpha value is -1.85. The molecule has 1 N–H and O–H groups in total. The van der Waals surface area contributed by atoms with Gasteiger partial charge in [0.25, 0.3) is 5.56 Å². The average Bonchev–Trinajstić information content (AvgIpc) is 2.56. The summed E-state index contributed by atoms with van der Waals surface area (Å²) in [5.74, 6) is -0.278. The minimum Gasteiger partial charge on any atom is -0.348 e. The van der Waals surface area contributed by atoms with E-state index in [1.165, 1.54) is 11.8 Å². The Kier molecular flexibility index (Phi) is 4.68. The normalized spacial score (nSPS) is 16.7. The number of nitrogens with zero attached hydrogens (tertiary/aromatic N) is 2. The Morgan fingerprint density at radius 1 is 1.35 bits per heavy atom. The van der Waals surface area contributed by atoms with Gasteiger partial charge < -0.3 is 5.32 Å². The molecular weight excluding hydrogens is 337 g/mol. The van der Waals surface area contributed by atoms with Gasteiger partial charge in [-0.3, -0.25) is 9.59 Å². The molecule has 0 aliphatic heterocycles. The Labute approximate surface area is 143 Å². The van der Waals surface area contributed by atoms with Crippen molar-refractivity contribution in [1.82, 2.24) is 15.1 Å². The molecular formula is C16H15Cl2N3O2. The molecule has 1 aromatic heterocycles. The van der Waals surface area contributed by atoms with Gasteiger partial charge in [-0.25, -0.2) is 4.68 Å². The minimum absolute atomic E-state index is 0.0362. The van der Waals surface area contributed by atoms with Crippen LogP contribution in [-0.2, 0) is 17.8 Å². The van der Waals surface area contributed by atoms with Crippen molar-refractivity contribution in [2.45, 2.75) is 31.8 Å². The van der Waals surface area contributed by atoms with E-state index in [1.54, 1.807) is 0 Å².